The van der Waals surface area contributed by atoms with Crippen LogP contribution < -0.4 is 15.1 Å². The molecular weight excluding hydrogens is 468 g/mol. The molecule has 0 atom stereocenters. The van der Waals surface area contributed by atoms with Gasteiger partial charge in [-0.3, -0.25) is 4.79 Å². The zero-order valence-electron chi connectivity index (χ0n) is 21.3. The lowest BCUT2D eigenvalue weighted by molar-refractivity contribution is -0.123. The lowest BCUT2D eigenvalue weighted by atomic mass is 9.88. The number of nitrogens with zero attached hydrogens (tertiary/aromatic N) is 4. The van der Waals surface area contributed by atoms with Crippen molar-refractivity contribution in [3.05, 3.63) is 42.5 Å². The molecule has 1 aliphatic heterocycles. The van der Waals surface area contributed by atoms with Crippen LogP contribution in [0.4, 0.5) is 11.4 Å². The van der Waals surface area contributed by atoms with Crippen molar-refractivity contribution >= 4 is 34.6 Å². The van der Waals surface area contributed by atoms with Gasteiger partial charge in [-0.05, 0) is 62.2 Å². The van der Waals surface area contributed by atoms with Crippen LogP contribution in [0.2, 0.25) is 0 Å². The molecule has 7 nitrogen and oxygen atoms in total. The molecule has 0 unspecified atom stereocenters. The van der Waals surface area contributed by atoms with E-state index in [9.17, 15) is 4.79 Å². The minimum absolute atomic E-state index is 0.125. The fraction of sp³-hybridized carbons (Fsp3) is 0.607. The molecule has 5 rings (SSSR count). The maximum atomic E-state index is 13.5. The Labute approximate surface area is 220 Å². The van der Waals surface area contributed by atoms with E-state index in [1.807, 2.05) is 11.1 Å². The number of hydrogen-bond acceptors (Lipinski definition) is 4. The summed E-state index contributed by atoms with van der Waals surface area (Å²) < 4.78 is 0. The quantitative estimate of drug-likeness (QED) is 0.544. The molecular formula is C28H40N6OS. The Morgan fingerprint density at radius 3 is 2.28 bits per heavy atom. The zero-order valence-corrected chi connectivity index (χ0v) is 22.1. The number of piperazine rings is 1. The van der Waals surface area contributed by atoms with Crippen LogP contribution in [0.1, 0.15) is 69.9 Å². The second-order valence-electron chi connectivity index (χ2n) is 10.6. The highest BCUT2D eigenvalue weighted by molar-refractivity contribution is 7.80. The Balaban J connectivity index is 1.20. The number of imidazole rings is 1. The van der Waals surface area contributed by atoms with Crippen LogP contribution in [0.25, 0.3) is 0 Å². The number of benzene rings is 1. The molecule has 2 N–H and O–H groups in total. The number of nitrogens with one attached hydrogen (secondary N) is 2. The van der Waals surface area contributed by atoms with Crippen molar-refractivity contribution < 1.29 is 4.79 Å². The fourth-order valence-corrected chi connectivity index (χ4v) is 6.28. The number of H-pyrrole nitrogens is 1. The number of hydrogen-bond donors (Lipinski definition) is 2. The molecule has 1 aromatic carbocycles. The molecule has 194 valence electrons. The van der Waals surface area contributed by atoms with Crippen molar-refractivity contribution in [3.63, 3.8) is 0 Å². The normalized spacial score (nSPS) is 19.8. The molecule has 1 saturated heterocycles. The molecule has 2 saturated carbocycles. The molecule has 1 amide bonds. The van der Waals surface area contributed by atoms with E-state index >= 15 is 0 Å². The van der Waals surface area contributed by atoms with E-state index in [4.69, 9.17) is 12.2 Å². The summed E-state index contributed by atoms with van der Waals surface area (Å²) in [5.74, 6) is 0.366. The predicted molar refractivity (Wildman–Crippen MR) is 149 cm³/mol. The van der Waals surface area contributed by atoms with Gasteiger partial charge in [0, 0.05) is 55.7 Å². The zero-order chi connectivity index (χ0) is 24.7. The van der Waals surface area contributed by atoms with Crippen molar-refractivity contribution in [2.45, 2.75) is 76.8 Å². The van der Waals surface area contributed by atoms with Gasteiger partial charge in [0.1, 0.15) is 0 Å². The van der Waals surface area contributed by atoms with Crippen LogP contribution in [-0.4, -0.2) is 58.1 Å². The van der Waals surface area contributed by atoms with E-state index in [0.717, 1.165) is 68.4 Å². The molecule has 3 fully saturated rings. The van der Waals surface area contributed by atoms with Gasteiger partial charge in [0.15, 0.2) is 5.11 Å². The van der Waals surface area contributed by atoms with Crippen LogP contribution in [-0.2, 0) is 11.3 Å². The monoisotopic (exact) mass is 508 g/mol. The van der Waals surface area contributed by atoms with Crippen LogP contribution in [0.3, 0.4) is 0 Å². The van der Waals surface area contributed by atoms with Gasteiger partial charge in [-0.2, -0.15) is 0 Å². The third-order valence-electron chi connectivity index (χ3n) is 8.13. The Bertz CT molecular complexity index is 974. The summed E-state index contributed by atoms with van der Waals surface area (Å²) in [5.41, 5.74) is 3.12. The third kappa shape index (κ3) is 6.20. The Kier molecular flexibility index (Phi) is 8.41. The first-order valence-corrected chi connectivity index (χ1v) is 14.3. The average Bonchev–Trinajstić information content (AvgIpc) is 3.46. The van der Waals surface area contributed by atoms with Gasteiger partial charge in [-0.15, -0.1) is 0 Å². The highest BCUT2D eigenvalue weighted by Crippen LogP contribution is 2.30. The van der Waals surface area contributed by atoms with Gasteiger partial charge < -0.3 is 25.0 Å². The standard InChI is InChI=1S/C28H40N6OS/c35-27(22-7-3-1-4-8-22)34(20-24-19-29-21-30-24)26-13-11-25(12-14-26)32-15-17-33(18-16-32)28(36)31-23-9-5-2-6-10-23/h11-14,19,21-23H,1-10,15-18,20H2,(H,29,30)(H,31,36). The van der Waals surface area contributed by atoms with E-state index in [1.165, 1.54) is 44.2 Å². The maximum Gasteiger partial charge on any atom is 0.230 e. The number of rotatable bonds is 6. The number of carbonyl (C=O) groups is 1. The van der Waals surface area contributed by atoms with Gasteiger partial charge in [0.05, 0.1) is 18.6 Å². The third-order valence-corrected chi connectivity index (χ3v) is 8.51. The van der Waals surface area contributed by atoms with Gasteiger partial charge in [0.25, 0.3) is 0 Å². The molecule has 1 aromatic heterocycles. The number of amides is 1. The number of aromatic nitrogens is 2. The van der Waals surface area contributed by atoms with Crippen molar-refractivity contribution in [3.8, 4) is 0 Å². The van der Waals surface area contributed by atoms with Crippen LogP contribution in [0, 0.1) is 5.92 Å². The Morgan fingerprint density at radius 2 is 1.64 bits per heavy atom. The predicted octanol–water partition coefficient (Wildman–Crippen LogP) is 4.85. The van der Waals surface area contributed by atoms with Crippen LogP contribution in [0.5, 0.6) is 0 Å². The lowest BCUT2D eigenvalue weighted by Crippen LogP contribution is -2.53. The first-order valence-electron chi connectivity index (χ1n) is 13.9. The first kappa shape index (κ1) is 25.1. The van der Waals surface area contributed by atoms with Gasteiger partial charge in [-0.25, -0.2) is 4.98 Å². The maximum absolute atomic E-state index is 13.5. The smallest absolute Gasteiger partial charge is 0.230 e. The van der Waals surface area contributed by atoms with Crippen LogP contribution >= 0.6 is 12.2 Å². The molecule has 3 aliphatic rings. The summed E-state index contributed by atoms with van der Waals surface area (Å²) in [5, 5.41) is 4.54. The van der Waals surface area contributed by atoms with Gasteiger partial charge in [-0.1, -0.05) is 38.5 Å². The number of carbonyl (C=O) groups excluding carboxylic acids is 1. The summed E-state index contributed by atoms with van der Waals surface area (Å²) in [6.07, 6.45) is 15.5. The largest absolute Gasteiger partial charge is 0.368 e. The lowest BCUT2D eigenvalue weighted by Gasteiger charge is -2.39. The fourth-order valence-electron chi connectivity index (χ4n) is 5.93. The summed E-state index contributed by atoms with van der Waals surface area (Å²) >= 11 is 5.73. The molecule has 0 bridgehead atoms. The highest BCUT2D eigenvalue weighted by atomic mass is 32.1. The van der Waals surface area contributed by atoms with Gasteiger partial charge >= 0.3 is 0 Å². The molecule has 8 heteroatoms. The minimum atomic E-state index is 0.125. The number of thiocarbonyl (C=S) groups is 1. The second-order valence-corrected chi connectivity index (χ2v) is 11.0. The van der Waals surface area contributed by atoms with Crippen molar-refractivity contribution in [2.75, 3.05) is 36.0 Å². The Hall–Kier alpha value is -2.61. The van der Waals surface area contributed by atoms with E-state index in [1.54, 1.807) is 6.33 Å². The minimum Gasteiger partial charge on any atom is -0.368 e. The molecule has 2 heterocycles. The molecule has 2 aromatic rings. The first-order chi connectivity index (χ1) is 17.7. The van der Waals surface area contributed by atoms with Crippen molar-refractivity contribution in [1.82, 2.24) is 20.2 Å². The van der Waals surface area contributed by atoms with Crippen molar-refractivity contribution in [1.29, 1.82) is 0 Å². The van der Waals surface area contributed by atoms with E-state index in [-0.39, 0.29) is 11.8 Å². The van der Waals surface area contributed by atoms with E-state index < -0.39 is 0 Å². The van der Waals surface area contributed by atoms with E-state index in [2.05, 4.69) is 49.4 Å². The van der Waals surface area contributed by atoms with Crippen LogP contribution in [0.15, 0.2) is 36.8 Å². The number of aromatic amines is 1. The Morgan fingerprint density at radius 1 is 0.972 bits per heavy atom. The summed E-state index contributed by atoms with van der Waals surface area (Å²) in [6, 6.07) is 9.09. The van der Waals surface area contributed by atoms with E-state index in [0.29, 0.717) is 12.6 Å². The molecule has 0 spiro atoms. The summed E-state index contributed by atoms with van der Waals surface area (Å²) in [6.45, 7) is 4.30. The molecule has 2 aliphatic carbocycles. The number of anilines is 2. The summed E-state index contributed by atoms with van der Waals surface area (Å²) in [7, 11) is 0. The second kappa shape index (κ2) is 12.1. The average molecular weight is 509 g/mol. The summed E-state index contributed by atoms with van der Waals surface area (Å²) in [4.78, 5) is 27.5. The van der Waals surface area contributed by atoms with Crippen molar-refractivity contribution in [2.24, 2.45) is 5.92 Å². The molecule has 0 radical (unpaired) electrons. The topological polar surface area (TPSA) is 67.5 Å². The highest BCUT2D eigenvalue weighted by Gasteiger charge is 2.28. The van der Waals surface area contributed by atoms with Gasteiger partial charge in [0.2, 0.25) is 5.91 Å². The SMILES string of the molecule is O=C(C1CCCCC1)N(Cc1cnc[nH]1)c1ccc(N2CCN(C(=S)NC3CCCCC3)CC2)cc1. The molecule has 36 heavy (non-hydrogen) atoms.